The number of nitriles is 1. The quantitative estimate of drug-likeness (QED) is 0.824. The molecule has 1 aromatic rings. The molecule has 4 heteroatoms. The first kappa shape index (κ1) is 15.0. The molecule has 0 amide bonds. The monoisotopic (exact) mass is 272 g/mol. The Hall–Kier alpha value is -1.44. The molecule has 20 heavy (non-hydrogen) atoms. The van der Waals surface area contributed by atoms with Gasteiger partial charge in [-0.2, -0.15) is 5.26 Å². The lowest BCUT2D eigenvalue weighted by Gasteiger charge is -2.36. The third-order valence-electron chi connectivity index (χ3n) is 3.90. The Bertz CT molecular complexity index is 458. The number of nitrogens with zero attached hydrogens (tertiary/aromatic N) is 4. The zero-order chi connectivity index (χ0) is 14.4. The van der Waals surface area contributed by atoms with E-state index in [9.17, 15) is 5.26 Å². The fourth-order valence-corrected chi connectivity index (χ4v) is 2.80. The van der Waals surface area contributed by atoms with E-state index in [1.165, 1.54) is 11.1 Å². The van der Waals surface area contributed by atoms with Crippen LogP contribution < -0.4 is 0 Å². The van der Waals surface area contributed by atoms with E-state index >= 15 is 0 Å². The summed E-state index contributed by atoms with van der Waals surface area (Å²) in [5.74, 6) is 0. The van der Waals surface area contributed by atoms with Gasteiger partial charge in [-0.15, -0.1) is 0 Å². The van der Waals surface area contributed by atoms with Gasteiger partial charge in [0.2, 0.25) is 0 Å². The van der Waals surface area contributed by atoms with Crippen molar-refractivity contribution in [1.29, 1.82) is 5.26 Å². The molecule has 2 rings (SSSR count). The highest BCUT2D eigenvalue weighted by atomic mass is 15.3. The van der Waals surface area contributed by atoms with E-state index in [4.69, 9.17) is 0 Å². The Balaban J connectivity index is 1.84. The zero-order valence-corrected chi connectivity index (χ0v) is 12.5. The Labute approximate surface area is 122 Å². The van der Waals surface area contributed by atoms with Crippen LogP contribution in [0, 0.1) is 18.3 Å². The van der Waals surface area contributed by atoms with Gasteiger partial charge in [0.25, 0.3) is 0 Å². The molecule has 0 aliphatic carbocycles. The highest BCUT2D eigenvalue weighted by Gasteiger charge is 2.22. The van der Waals surface area contributed by atoms with Gasteiger partial charge < -0.3 is 0 Å². The van der Waals surface area contributed by atoms with Crippen LogP contribution in [0.5, 0.6) is 0 Å². The summed E-state index contributed by atoms with van der Waals surface area (Å²) in [6.07, 6.45) is 5.91. The molecule has 1 aliphatic heterocycles. The van der Waals surface area contributed by atoms with Crippen molar-refractivity contribution in [2.24, 2.45) is 0 Å². The topological polar surface area (TPSA) is 43.2 Å². The van der Waals surface area contributed by atoms with Crippen molar-refractivity contribution in [3.63, 3.8) is 0 Å². The number of pyridine rings is 1. The predicted octanol–water partition coefficient (Wildman–Crippen LogP) is 2.20. The largest absolute Gasteiger partial charge is 0.296 e. The van der Waals surface area contributed by atoms with E-state index in [0.29, 0.717) is 0 Å². The molecule has 1 aromatic heterocycles. The second kappa shape index (κ2) is 7.37. The van der Waals surface area contributed by atoms with Crippen molar-refractivity contribution in [3.8, 4) is 6.07 Å². The van der Waals surface area contributed by atoms with Crippen LogP contribution in [-0.4, -0.2) is 47.0 Å². The summed E-state index contributed by atoms with van der Waals surface area (Å²) in [6.45, 7) is 9.26. The van der Waals surface area contributed by atoms with Gasteiger partial charge in [-0.1, -0.05) is 19.4 Å². The van der Waals surface area contributed by atoms with Crippen LogP contribution in [0.4, 0.5) is 0 Å². The fraction of sp³-hybridized carbons (Fsp3) is 0.625. The van der Waals surface area contributed by atoms with Gasteiger partial charge in [-0.05, 0) is 24.5 Å². The lowest BCUT2D eigenvalue weighted by molar-refractivity contribution is 0.106. The molecule has 1 aliphatic rings. The number of aryl methyl sites for hydroxylation is 1. The van der Waals surface area contributed by atoms with Gasteiger partial charge in [0.15, 0.2) is 0 Å². The number of hydrogen-bond donors (Lipinski definition) is 0. The first-order valence-electron chi connectivity index (χ1n) is 7.49. The molecule has 0 saturated carbocycles. The number of aromatic nitrogens is 1. The highest BCUT2D eigenvalue weighted by Crippen LogP contribution is 2.13. The van der Waals surface area contributed by atoms with Crippen molar-refractivity contribution in [2.45, 2.75) is 39.3 Å². The average molecular weight is 272 g/mol. The molecule has 0 aromatic carbocycles. The Morgan fingerprint density at radius 2 is 2.05 bits per heavy atom. The van der Waals surface area contributed by atoms with Crippen LogP contribution in [0.2, 0.25) is 0 Å². The van der Waals surface area contributed by atoms with Gasteiger partial charge in [0, 0.05) is 45.1 Å². The van der Waals surface area contributed by atoms with Gasteiger partial charge >= 0.3 is 0 Å². The van der Waals surface area contributed by atoms with Crippen molar-refractivity contribution in [2.75, 3.05) is 26.2 Å². The molecule has 1 saturated heterocycles. The normalized spacial score (nSPS) is 18.6. The lowest BCUT2D eigenvalue weighted by atomic mass is 10.1. The maximum absolute atomic E-state index is 9.23. The van der Waals surface area contributed by atoms with Crippen LogP contribution in [0.15, 0.2) is 18.5 Å². The van der Waals surface area contributed by atoms with E-state index in [1.807, 2.05) is 12.4 Å². The molecule has 1 unspecified atom stereocenters. The third kappa shape index (κ3) is 4.03. The summed E-state index contributed by atoms with van der Waals surface area (Å²) in [7, 11) is 0. The van der Waals surface area contributed by atoms with Gasteiger partial charge in [-0.25, -0.2) is 0 Å². The molecule has 108 valence electrons. The Morgan fingerprint density at radius 3 is 2.65 bits per heavy atom. The summed E-state index contributed by atoms with van der Waals surface area (Å²) in [5, 5.41) is 9.23. The van der Waals surface area contributed by atoms with Crippen LogP contribution in [0.25, 0.3) is 0 Å². The second-order valence-corrected chi connectivity index (χ2v) is 5.62. The first-order chi connectivity index (χ1) is 9.72. The molecule has 1 atom stereocenters. The Morgan fingerprint density at radius 1 is 1.30 bits per heavy atom. The minimum atomic E-state index is 0.0998. The summed E-state index contributed by atoms with van der Waals surface area (Å²) in [6, 6.07) is 4.74. The number of piperazine rings is 1. The molecule has 4 nitrogen and oxygen atoms in total. The molecular weight excluding hydrogens is 248 g/mol. The van der Waals surface area contributed by atoms with Gasteiger partial charge in [0.1, 0.15) is 0 Å². The van der Waals surface area contributed by atoms with E-state index in [0.717, 1.165) is 45.6 Å². The van der Waals surface area contributed by atoms with E-state index in [2.05, 4.69) is 40.8 Å². The molecule has 2 heterocycles. The van der Waals surface area contributed by atoms with Crippen LogP contribution in [0.3, 0.4) is 0 Å². The smallest absolute Gasteiger partial charge is 0.0978 e. The number of rotatable bonds is 5. The standard InChI is InChI=1S/C16H24N4/c1-3-4-16(10-17)20-7-5-19(6-8-20)13-15-9-14(2)11-18-12-15/h9,11-12,16H,3-8,13H2,1-2H3. The molecule has 1 fully saturated rings. The van der Waals surface area contributed by atoms with Crippen molar-refractivity contribution in [1.82, 2.24) is 14.8 Å². The summed E-state index contributed by atoms with van der Waals surface area (Å²) in [4.78, 5) is 9.03. The van der Waals surface area contributed by atoms with Gasteiger partial charge in [-0.3, -0.25) is 14.8 Å². The molecule has 0 spiro atoms. The van der Waals surface area contributed by atoms with E-state index in [1.54, 1.807) is 0 Å². The third-order valence-corrected chi connectivity index (χ3v) is 3.90. The lowest BCUT2D eigenvalue weighted by Crippen LogP contribution is -2.49. The molecule has 0 bridgehead atoms. The van der Waals surface area contributed by atoms with Crippen molar-refractivity contribution >= 4 is 0 Å². The van der Waals surface area contributed by atoms with Crippen LogP contribution in [0.1, 0.15) is 30.9 Å². The van der Waals surface area contributed by atoms with E-state index in [-0.39, 0.29) is 6.04 Å². The average Bonchev–Trinajstić information content (AvgIpc) is 2.46. The van der Waals surface area contributed by atoms with Crippen molar-refractivity contribution in [3.05, 3.63) is 29.6 Å². The maximum Gasteiger partial charge on any atom is 0.0978 e. The molecule has 0 N–H and O–H groups in total. The van der Waals surface area contributed by atoms with E-state index < -0.39 is 0 Å². The van der Waals surface area contributed by atoms with Gasteiger partial charge in [0.05, 0.1) is 12.1 Å². The summed E-state index contributed by atoms with van der Waals surface area (Å²) >= 11 is 0. The SMILES string of the molecule is CCCC(C#N)N1CCN(Cc2cncc(C)c2)CC1. The van der Waals surface area contributed by atoms with Crippen LogP contribution in [-0.2, 0) is 6.54 Å². The summed E-state index contributed by atoms with van der Waals surface area (Å²) in [5.41, 5.74) is 2.50. The maximum atomic E-state index is 9.23. The molecule has 0 radical (unpaired) electrons. The highest BCUT2D eigenvalue weighted by molar-refractivity contribution is 5.16. The number of hydrogen-bond acceptors (Lipinski definition) is 4. The Kier molecular flexibility index (Phi) is 5.51. The molecular formula is C16H24N4. The zero-order valence-electron chi connectivity index (χ0n) is 12.5. The first-order valence-corrected chi connectivity index (χ1v) is 7.49. The predicted molar refractivity (Wildman–Crippen MR) is 80.1 cm³/mol. The minimum absolute atomic E-state index is 0.0998. The summed E-state index contributed by atoms with van der Waals surface area (Å²) < 4.78 is 0. The second-order valence-electron chi connectivity index (χ2n) is 5.62. The van der Waals surface area contributed by atoms with Crippen molar-refractivity contribution < 1.29 is 0 Å². The minimum Gasteiger partial charge on any atom is -0.296 e. The van der Waals surface area contributed by atoms with Crippen LogP contribution >= 0.6 is 0 Å². The fourth-order valence-electron chi connectivity index (χ4n) is 2.80.